The van der Waals surface area contributed by atoms with Crippen molar-refractivity contribution in [3.63, 3.8) is 0 Å². The van der Waals surface area contributed by atoms with Crippen molar-refractivity contribution in [1.82, 2.24) is 4.98 Å². The second kappa shape index (κ2) is 5.16. The summed E-state index contributed by atoms with van der Waals surface area (Å²) >= 11 is 9.40. The summed E-state index contributed by atoms with van der Waals surface area (Å²) < 4.78 is 1.12. The van der Waals surface area contributed by atoms with Crippen LogP contribution < -0.4 is 11.1 Å². The fourth-order valence-corrected chi connectivity index (χ4v) is 2.19. The van der Waals surface area contributed by atoms with Gasteiger partial charge < -0.3 is 11.1 Å². The first-order valence-electron chi connectivity index (χ1n) is 5.42. The Morgan fingerprint density at radius 2 is 1.78 bits per heavy atom. The zero-order chi connectivity index (χ0) is 13.3. The predicted octanol–water partition coefficient (Wildman–Crippen LogP) is 4.44. The molecule has 0 unspecified atom stereocenters. The minimum Gasteiger partial charge on any atom is -0.399 e. The van der Waals surface area contributed by atoms with E-state index in [1.54, 1.807) is 12.1 Å². The smallest absolute Gasteiger partial charge is 0.134 e. The predicted molar refractivity (Wildman–Crippen MR) is 80.6 cm³/mol. The minimum absolute atomic E-state index is 0.378. The third-order valence-corrected chi connectivity index (χ3v) is 3.97. The van der Waals surface area contributed by atoms with Crippen LogP contribution in [0.1, 0.15) is 11.1 Å². The number of aryl methyl sites for hydroxylation is 2. The molecule has 3 N–H and O–H groups in total. The number of nitrogens with two attached hydrogens (primary N) is 1. The van der Waals surface area contributed by atoms with Crippen LogP contribution in [0.4, 0.5) is 17.2 Å². The molecule has 1 aromatic heterocycles. The van der Waals surface area contributed by atoms with Crippen molar-refractivity contribution in [2.24, 2.45) is 0 Å². The summed E-state index contributed by atoms with van der Waals surface area (Å²) in [5.41, 5.74) is 9.59. The van der Waals surface area contributed by atoms with Gasteiger partial charge in [0, 0.05) is 21.9 Å². The number of anilines is 3. The molecule has 94 valence electrons. The Labute approximate surface area is 119 Å². The number of pyridine rings is 1. The number of hydrogen-bond donors (Lipinski definition) is 2. The van der Waals surface area contributed by atoms with Gasteiger partial charge in [0.2, 0.25) is 0 Å². The van der Waals surface area contributed by atoms with Crippen LogP contribution in [0.2, 0.25) is 5.15 Å². The van der Waals surface area contributed by atoms with E-state index in [-0.39, 0.29) is 0 Å². The average Bonchev–Trinajstić information content (AvgIpc) is 2.24. The van der Waals surface area contributed by atoms with Gasteiger partial charge >= 0.3 is 0 Å². The van der Waals surface area contributed by atoms with Crippen LogP contribution in [0.15, 0.2) is 28.7 Å². The van der Waals surface area contributed by atoms with Crippen LogP contribution in [0.5, 0.6) is 0 Å². The van der Waals surface area contributed by atoms with E-state index >= 15 is 0 Å². The van der Waals surface area contributed by atoms with Gasteiger partial charge in [0.1, 0.15) is 11.0 Å². The minimum atomic E-state index is 0.378. The van der Waals surface area contributed by atoms with Gasteiger partial charge in [0.15, 0.2) is 0 Å². The molecule has 0 atom stereocenters. The van der Waals surface area contributed by atoms with Crippen LogP contribution >= 0.6 is 27.5 Å². The highest BCUT2D eigenvalue weighted by Gasteiger charge is 2.04. The number of nitrogens with zero attached hydrogens (tertiary/aromatic N) is 1. The second-order valence-electron chi connectivity index (χ2n) is 4.16. The highest BCUT2D eigenvalue weighted by Crippen LogP contribution is 2.27. The Balaban J connectivity index is 2.34. The van der Waals surface area contributed by atoms with Gasteiger partial charge in [-0.1, -0.05) is 27.5 Å². The Kier molecular flexibility index (Phi) is 3.78. The summed E-state index contributed by atoms with van der Waals surface area (Å²) in [6.07, 6.45) is 0. The zero-order valence-electron chi connectivity index (χ0n) is 10.1. The molecule has 0 spiro atoms. The topological polar surface area (TPSA) is 50.9 Å². The fraction of sp³-hybridized carbons (Fsp3) is 0.154. The number of nitrogen functional groups attached to an aromatic ring is 1. The third kappa shape index (κ3) is 2.94. The van der Waals surface area contributed by atoms with E-state index in [2.05, 4.69) is 26.2 Å². The highest BCUT2D eigenvalue weighted by molar-refractivity contribution is 9.10. The van der Waals surface area contributed by atoms with E-state index in [1.807, 2.05) is 26.0 Å². The van der Waals surface area contributed by atoms with Crippen molar-refractivity contribution in [3.8, 4) is 0 Å². The number of halogens is 2. The van der Waals surface area contributed by atoms with Crippen molar-refractivity contribution in [3.05, 3.63) is 45.0 Å². The molecule has 18 heavy (non-hydrogen) atoms. The summed E-state index contributed by atoms with van der Waals surface area (Å²) in [5.74, 6) is 0.640. The van der Waals surface area contributed by atoms with Crippen molar-refractivity contribution in [1.29, 1.82) is 0 Å². The van der Waals surface area contributed by atoms with Crippen LogP contribution in [0, 0.1) is 13.8 Å². The van der Waals surface area contributed by atoms with Gasteiger partial charge in [-0.15, -0.1) is 0 Å². The first kappa shape index (κ1) is 13.2. The molecule has 0 fully saturated rings. The molecule has 0 aliphatic carbocycles. The number of hydrogen-bond acceptors (Lipinski definition) is 3. The largest absolute Gasteiger partial charge is 0.399 e. The van der Waals surface area contributed by atoms with E-state index in [1.165, 1.54) is 0 Å². The van der Waals surface area contributed by atoms with Gasteiger partial charge in [0.05, 0.1) is 0 Å². The average molecular weight is 327 g/mol. The van der Waals surface area contributed by atoms with Crippen molar-refractivity contribution < 1.29 is 0 Å². The number of benzene rings is 1. The molecule has 0 aliphatic heterocycles. The number of aromatic nitrogens is 1. The van der Waals surface area contributed by atoms with Gasteiger partial charge in [-0.3, -0.25) is 0 Å². The monoisotopic (exact) mass is 325 g/mol. The van der Waals surface area contributed by atoms with E-state index < -0.39 is 0 Å². The van der Waals surface area contributed by atoms with E-state index in [4.69, 9.17) is 17.3 Å². The van der Waals surface area contributed by atoms with Gasteiger partial charge in [-0.05, 0) is 43.2 Å². The lowest BCUT2D eigenvalue weighted by molar-refractivity contribution is 1.29. The maximum atomic E-state index is 5.87. The van der Waals surface area contributed by atoms with E-state index in [9.17, 15) is 0 Å². The van der Waals surface area contributed by atoms with E-state index in [0.29, 0.717) is 16.7 Å². The fourth-order valence-electron chi connectivity index (χ4n) is 1.75. The van der Waals surface area contributed by atoms with Gasteiger partial charge in [-0.25, -0.2) is 4.98 Å². The molecule has 0 radical (unpaired) electrons. The molecule has 2 rings (SSSR count). The first-order chi connectivity index (χ1) is 8.45. The molecule has 1 aromatic carbocycles. The SMILES string of the molecule is Cc1cc(Nc2cc(N)cc(Cl)n2)cc(C)c1Br. The Hall–Kier alpha value is -1.26. The molecule has 0 saturated heterocycles. The van der Waals surface area contributed by atoms with Crippen LogP contribution in [-0.2, 0) is 0 Å². The molecule has 1 heterocycles. The lowest BCUT2D eigenvalue weighted by Crippen LogP contribution is -1.97. The molecule has 0 saturated carbocycles. The summed E-state index contributed by atoms with van der Waals surface area (Å²) in [7, 11) is 0. The van der Waals surface area contributed by atoms with Crippen molar-refractivity contribution in [2.45, 2.75) is 13.8 Å². The van der Waals surface area contributed by atoms with Crippen LogP contribution in [0.25, 0.3) is 0 Å². The summed E-state index contributed by atoms with van der Waals surface area (Å²) in [6, 6.07) is 7.44. The van der Waals surface area contributed by atoms with Crippen molar-refractivity contribution in [2.75, 3.05) is 11.1 Å². The third-order valence-electron chi connectivity index (χ3n) is 2.53. The molecular weight excluding hydrogens is 314 g/mol. The van der Waals surface area contributed by atoms with Crippen molar-refractivity contribution >= 4 is 44.7 Å². The maximum Gasteiger partial charge on any atom is 0.134 e. The molecular formula is C13H13BrClN3. The number of nitrogens with one attached hydrogen (secondary N) is 1. The quantitative estimate of drug-likeness (QED) is 0.802. The first-order valence-corrected chi connectivity index (χ1v) is 6.59. The molecule has 2 aromatic rings. The zero-order valence-corrected chi connectivity index (χ0v) is 12.4. The van der Waals surface area contributed by atoms with E-state index in [0.717, 1.165) is 21.3 Å². The Morgan fingerprint density at radius 1 is 1.17 bits per heavy atom. The lowest BCUT2D eigenvalue weighted by Gasteiger charge is -2.10. The molecule has 0 amide bonds. The van der Waals surface area contributed by atoms with Crippen LogP contribution in [-0.4, -0.2) is 4.98 Å². The van der Waals surface area contributed by atoms with Gasteiger partial charge in [0.25, 0.3) is 0 Å². The molecule has 0 aliphatic rings. The normalized spacial score (nSPS) is 10.4. The molecule has 5 heteroatoms. The standard InChI is InChI=1S/C13H13BrClN3/c1-7-3-10(4-8(2)13(7)14)17-12-6-9(16)5-11(15)18-12/h3-6H,1-2H3,(H3,16,17,18). The Morgan fingerprint density at radius 3 is 2.33 bits per heavy atom. The van der Waals surface area contributed by atoms with Crippen LogP contribution in [0.3, 0.4) is 0 Å². The summed E-state index contributed by atoms with van der Waals surface area (Å²) in [5, 5.41) is 3.58. The summed E-state index contributed by atoms with van der Waals surface area (Å²) in [4.78, 5) is 4.17. The number of rotatable bonds is 2. The summed E-state index contributed by atoms with van der Waals surface area (Å²) in [6.45, 7) is 4.09. The molecule has 3 nitrogen and oxygen atoms in total. The maximum absolute atomic E-state index is 5.87. The lowest BCUT2D eigenvalue weighted by atomic mass is 10.1. The second-order valence-corrected chi connectivity index (χ2v) is 5.34. The van der Waals surface area contributed by atoms with Gasteiger partial charge in [-0.2, -0.15) is 0 Å². The highest BCUT2D eigenvalue weighted by atomic mass is 79.9. The Bertz CT molecular complexity index is 556. The molecule has 0 bridgehead atoms.